The van der Waals surface area contributed by atoms with Crippen LogP contribution in [0.3, 0.4) is 0 Å². The molecule has 3 rings (SSSR count). The highest BCUT2D eigenvalue weighted by atomic mass is 16.2. The number of nitrogens with one attached hydrogen (secondary N) is 1. The van der Waals surface area contributed by atoms with Crippen LogP contribution in [-0.2, 0) is 0 Å². The van der Waals surface area contributed by atoms with Gasteiger partial charge in [0.05, 0.1) is 6.04 Å². The highest BCUT2D eigenvalue weighted by Gasteiger charge is 2.37. The third-order valence-corrected chi connectivity index (χ3v) is 4.33. The molecule has 2 unspecified atom stereocenters. The first kappa shape index (κ1) is 13.4. The topological polar surface area (TPSA) is 61.6 Å². The second-order valence-corrected chi connectivity index (χ2v) is 5.53. The van der Waals surface area contributed by atoms with Crippen LogP contribution < -0.4 is 11.1 Å². The summed E-state index contributed by atoms with van der Waals surface area (Å²) in [5.74, 6) is 0. The third kappa shape index (κ3) is 2.51. The summed E-state index contributed by atoms with van der Waals surface area (Å²) < 4.78 is 0. The molecule has 2 aliphatic heterocycles. The number of nitrogens with two attached hydrogens (primary N) is 1. The first-order chi connectivity index (χ1) is 9.79. The Bertz CT molecular complexity index is 464. The zero-order valence-electron chi connectivity index (χ0n) is 11.7. The fraction of sp³-hybridized carbons (Fsp3) is 0.533. The summed E-state index contributed by atoms with van der Waals surface area (Å²) in [6, 6.07) is 11.3. The summed E-state index contributed by atoms with van der Waals surface area (Å²) in [4.78, 5) is 16.1. The minimum atomic E-state index is 0.0877. The van der Waals surface area contributed by atoms with E-state index >= 15 is 0 Å². The highest BCUT2D eigenvalue weighted by Crippen LogP contribution is 2.27. The van der Waals surface area contributed by atoms with E-state index < -0.39 is 0 Å². The van der Waals surface area contributed by atoms with Gasteiger partial charge in [0, 0.05) is 32.2 Å². The predicted molar refractivity (Wildman–Crippen MR) is 78.3 cm³/mol. The molecule has 2 saturated heterocycles. The number of benzene rings is 1. The van der Waals surface area contributed by atoms with Crippen LogP contribution in [0.2, 0.25) is 0 Å². The molecule has 2 aliphatic rings. The van der Waals surface area contributed by atoms with Crippen molar-refractivity contribution in [2.45, 2.75) is 18.5 Å². The number of piperazine rings is 1. The summed E-state index contributed by atoms with van der Waals surface area (Å²) in [6.45, 7) is 4.10. The molecule has 0 radical (unpaired) electrons. The van der Waals surface area contributed by atoms with Crippen LogP contribution in [0.4, 0.5) is 4.79 Å². The number of carbonyl (C=O) groups is 1. The van der Waals surface area contributed by atoms with Gasteiger partial charge >= 0.3 is 6.03 Å². The van der Waals surface area contributed by atoms with Gasteiger partial charge in [0.25, 0.3) is 0 Å². The fourth-order valence-corrected chi connectivity index (χ4v) is 3.30. The number of carbonyl (C=O) groups excluding carboxylic acids is 1. The second-order valence-electron chi connectivity index (χ2n) is 5.53. The molecule has 108 valence electrons. The molecule has 2 fully saturated rings. The Hall–Kier alpha value is -1.59. The average molecular weight is 274 g/mol. The van der Waals surface area contributed by atoms with Gasteiger partial charge in [0.15, 0.2) is 0 Å². The molecule has 2 atom stereocenters. The molecule has 2 heterocycles. The van der Waals surface area contributed by atoms with E-state index in [1.165, 1.54) is 5.56 Å². The van der Waals surface area contributed by atoms with Crippen LogP contribution >= 0.6 is 0 Å². The molecule has 5 nitrogen and oxygen atoms in total. The standard InChI is InChI=1S/C15H22N4O/c16-7-6-14(12-4-2-1-3-5-12)18-8-9-19-13(11-18)10-17-15(19)20/h1-5,13-14H,6-11,16H2,(H,17,20). The monoisotopic (exact) mass is 274 g/mol. The first-order valence-electron chi connectivity index (χ1n) is 7.33. The number of urea groups is 1. The van der Waals surface area contributed by atoms with E-state index in [1.54, 1.807) is 0 Å². The number of rotatable bonds is 4. The van der Waals surface area contributed by atoms with Gasteiger partial charge in [-0.15, -0.1) is 0 Å². The molecule has 20 heavy (non-hydrogen) atoms. The molecule has 2 amide bonds. The Balaban J connectivity index is 1.74. The van der Waals surface area contributed by atoms with Gasteiger partial charge in [-0.3, -0.25) is 4.90 Å². The van der Waals surface area contributed by atoms with Gasteiger partial charge in [0.2, 0.25) is 0 Å². The van der Waals surface area contributed by atoms with Crippen molar-refractivity contribution in [1.82, 2.24) is 15.1 Å². The normalized spacial score (nSPS) is 24.4. The maximum Gasteiger partial charge on any atom is 0.317 e. The van der Waals surface area contributed by atoms with Gasteiger partial charge in [0.1, 0.15) is 0 Å². The van der Waals surface area contributed by atoms with E-state index in [-0.39, 0.29) is 6.03 Å². The van der Waals surface area contributed by atoms with Crippen LogP contribution in [0.15, 0.2) is 30.3 Å². The van der Waals surface area contributed by atoms with Gasteiger partial charge in [-0.1, -0.05) is 30.3 Å². The van der Waals surface area contributed by atoms with Crippen LogP contribution in [0.25, 0.3) is 0 Å². The van der Waals surface area contributed by atoms with E-state index in [0.717, 1.165) is 32.6 Å². The van der Waals surface area contributed by atoms with Crippen LogP contribution in [-0.4, -0.2) is 54.6 Å². The summed E-state index contributed by atoms with van der Waals surface area (Å²) >= 11 is 0. The molecule has 0 bridgehead atoms. The number of hydrogen-bond donors (Lipinski definition) is 2. The second kappa shape index (κ2) is 5.81. The summed E-state index contributed by atoms with van der Waals surface area (Å²) in [5, 5.41) is 2.93. The van der Waals surface area contributed by atoms with Crippen molar-refractivity contribution in [2.75, 3.05) is 32.7 Å². The Morgan fingerprint density at radius 2 is 2.10 bits per heavy atom. The first-order valence-corrected chi connectivity index (χ1v) is 7.33. The van der Waals surface area contributed by atoms with Gasteiger partial charge in [-0.2, -0.15) is 0 Å². The molecule has 5 heteroatoms. The Morgan fingerprint density at radius 3 is 2.85 bits per heavy atom. The zero-order chi connectivity index (χ0) is 13.9. The quantitative estimate of drug-likeness (QED) is 0.853. The van der Waals surface area contributed by atoms with E-state index in [1.807, 2.05) is 11.0 Å². The molecule has 0 aromatic heterocycles. The van der Waals surface area contributed by atoms with Crippen LogP contribution in [0.1, 0.15) is 18.0 Å². The predicted octanol–water partition coefficient (Wildman–Crippen LogP) is 0.786. The lowest BCUT2D eigenvalue weighted by Gasteiger charge is -2.41. The van der Waals surface area contributed by atoms with E-state index in [4.69, 9.17) is 5.73 Å². The molecular weight excluding hydrogens is 252 g/mol. The molecule has 0 saturated carbocycles. The lowest BCUT2D eigenvalue weighted by atomic mass is 10.00. The van der Waals surface area contributed by atoms with E-state index in [0.29, 0.717) is 18.6 Å². The molecule has 0 aliphatic carbocycles. The van der Waals surface area contributed by atoms with Crippen molar-refractivity contribution >= 4 is 6.03 Å². The Labute approximate surface area is 119 Å². The molecule has 0 spiro atoms. The average Bonchev–Trinajstić information content (AvgIpc) is 2.86. The largest absolute Gasteiger partial charge is 0.336 e. The van der Waals surface area contributed by atoms with Crippen LogP contribution in [0.5, 0.6) is 0 Å². The summed E-state index contributed by atoms with van der Waals surface area (Å²) in [6.07, 6.45) is 0.956. The van der Waals surface area contributed by atoms with Gasteiger partial charge in [-0.05, 0) is 18.5 Å². The lowest BCUT2D eigenvalue weighted by Crippen LogP contribution is -2.53. The van der Waals surface area contributed by atoms with Gasteiger partial charge in [-0.25, -0.2) is 4.79 Å². The Kier molecular flexibility index (Phi) is 3.89. The van der Waals surface area contributed by atoms with Gasteiger partial charge < -0.3 is 16.0 Å². The lowest BCUT2D eigenvalue weighted by molar-refractivity contribution is 0.0850. The summed E-state index contributed by atoms with van der Waals surface area (Å²) in [7, 11) is 0. The SMILES string of the molecule is NCCC(c1ccccc1)N1CCN2C(=O)NCC2C1. The third-order valence-electron chi connectivity index (χ3n) is 4.33. The fourth-order valence-electron chi connectivity index (χ4n) is 3.30. The zero-order valence-corrected chi connectivity index (χ0v) is 11.7. The van der Waals surface area contributed by atoms with Crippen molar-refractivity contribution in [3.63, 3.8) is 0 Å². The maximum absolute atomic E-state index is 11.7. The molecule has 1 aromatic rings. The number of amides is 2. The van der Waals surface area contributed by atoms with Crippen molar-refractivity contribution in [3.05, 3.63) is 35.9 Å². The molecule has 1 aromatic carbocycles. The Morgan fingerprint density at radius 1 is 1.30 bits per heavy atom. The molecular formula is C15H22N4O. The van der Waals surface area contributed by atoms with Crippen molar-refractivity contribution in [3.8, 4) is 0 Å². The maximum atomic E-state index is 11.7. The van der Waals surface area contributed by atoms with Crippen molar-refractivity contribution in [1.29, 1.82) is 0 Å². The number of fused-ring (bicyclic) bond motifs is 1. The summed E-state index contributed by atoms with van der Waals surface area (Å²) in [5.41, 5.74) is 7.12. The minimum Gasteiger partial charge on any atom is -0.336 e. The number of nitrogens with zero attached hydrogens (tertiary/aromatic N) is 2. The number of hydrogen-bond acceptors (Lipinski definition) is 3. The van der Waals surface area contributed by atoms with E-state index in [2.05, 4.69) is 34.5 Å². The minimum absolute atomic E-state index is 0.0877. The van der Waals surface area contributed by atoms with Crippen molar-refractivity contribution in [2.24, 2.45) is 5.73 Å². The molecule has 3 N–H and O–H groups in total. The van der Waals surface area contributed by atoms with Crippen molar-refractivity contribution < 1.29 is 4.79 Å². The highest BCUT2D eigenvalue weighted by molar-refractivity contribution is 5.77. The smallest absolute Gasteiger partial charge is 0.317 e. The van der Waals surface area contributed by atoms with E-state index in [9.17, 15) is 4.79 Å². The van der Waals surface area contributed by atoms with Crippen LogP contribution in [0, 0.1) is 0 Å².